The number of benzene rings is 4. The van der Waals surface area contributed by atoms with E-state index in [0.29, 0.717) is 0 Å². The summed E-state index contributed by atoms with van der Waals surface area (Å²) >= 11 is 0. The van der Waals surface area contributed by atoms with E-state index in [-0.39, 0.29) is 0 Å². The molecule has 0 radical (unpaired) electrons. The van der Waals surface area contributed by atoms with Gasteiger partial charge in [-0.15, -0.1) is 0 Å². The molecule has 0 bridgehead atoms. The second-order valence-corrected chi connectivity index (χ2v) is 8.92. The maximum absolute atomic E-state index is 10.7. The Balaban J connectivity index is 2.02. The normalized spacial score (nSPS) is 12.3. The van der Waals surface area contributed by atoms with Crippen molar-refractivity contribution in [1.29, 1.82) is 0 Å². The van der Waals surface area contributed by atoms with Crippen LogP contribution >= 0.6 is 0 Å². The van der Waals surface area contributed by atoms with Crippen LogP contribution in [0.2, 0.25) is 0 Å². The van der Waals surface area contributed by atoms with Crippen LogP contribution in [0.4, 0.5) is 0 Å². The molecule has 2 N–H and O–H groups in total. The monoisotopic (exact) mass is 396 g/mol. The summed E-state index contributed by atoms with van der Waals surface area (Å²) in [7, 11) is 0. The summed E-state index contributed by atoms with van der Waals surface area (Å²) in [6.07, 6.45) is 0. The Morgan fingerprint density at radius 1 is 0.433 bits per heavy atom. The summed E-state index contributed by atoms with van der Waals surface area (Å²) in [5, 5.41) is 23.7. The van der Waals surface area contributed by atoms with Gasteiger partial charge in [-0.1, -0.05) is 84.9 Å². The van der Waals surface area contributed by atoms with Gasteiger partial charge in [-0.05, 0) is 71.8 Å². The number of hydrogen-bond acceptors (Lipinski definition) is 2. The highest BCUT2D eigenvalue weighted by molar-refractivity contribution is 6.05. The van der Waals surface area contributed by atoms with Gasteiger partial charge in [0, 0.05) is 0 Å². The standard InChI is InChI=1S/C28H28O2/c1-27(2,29)25-15-9-7-13-23(25)21-17-18-22(20-12-6-5-11-19(20)21)24-14-8-10-16-26(24)28(3,4)30/h5-18,29-30H,1-4H3. The third kappa shape index (κ3) is 3.65. The summed E-state index contributed by atoms with van der Waals surface area (Å²) in [4.78, 5) is 0. The molecule has 152 valence electrons. The molecule has 30 heavy (non-hydrogen) atoms. The highest BCUT2D eigenvalue weighted by Crippen LogP contribution is 2.41. The highest BCUT2D eigenvalue weighted by Gasteiger charge is 2.23. The van der Waals surface area contributed by atoms with Gasteiger partial charge in [0.15, 0.2) is 0 Å². The van der Waals surface area contributed by atoms with Crippen LogP contribution in [0.5, 0.6) is 0 Å². The van der Waals surface area contributed by atoms with E-state index in [2.05, 4.69) is 36.4 Å². The van der Waals surface area contributed by atoms with Crippen LogP contribution in [-0.4, -0.2) is 10.2 Å². The van der Waals surface area contributed by atoms with Gasteiger partial charge in [0.05, 0.1) is 11.2 Å². The predicted octanol–water partition coefficient (Wildman–Crippen LogP) is 6.63. The summed E-state index contributed by atoms with van der Waals surface area (Å²) in [5.41, 5.74) is 4.17. The summed E-state index contributed by atoms with van der Waals surface area (Å²) in [5.74, 6) is 0. The molecule has 4 aromatic rings. The zero-order chi connectivity index (χ0) is 21.5. The SMILES string of the molecule is CC(C)(O)c1ccccc1-c1ccc(-c2ccccc2C(C)(C)O)c2ccccc12. The van der Waals surface area contributed by atoms with Gasteiger partial charge in [-0.25, -0.2) is 0 Å². The first kappa shape index (κ1) is 20.3. The van der Waals surface area contributed by atoms with Crippen molar-refractivity contribution in [2.75, 3.05) is 0 Å². The van der Waals surface area contributed by atoms with E-state index in [0.717, 1.165) is 44.2 Å². The summed E-state index contributed by atoms with van der Waals surface area (Å²) < 4.78 is 0. The van der Waals surface area contributed by atoms with Crippen molar-refractivity contribution < 1.29 is 10.2 Å². The zero-order valence-electron chi connectivity index (χ0n) is 18.0. The van der Waals surface area contributed by atoms with Gasteiger partial charge in [0.2, 0.25) is 0 Å². The maximum Gasteiger partial charge on any atom is 0.0846 e. The van der Waals surface area contributed by atoms with Gasteiger partial charge >= 0.3 is 0 Å². The molecular formula is C28H28O2. The van der Waals surface area contributed by atoms with Crippen LogP contribution in [0.25, 0.3) is 33.0 Å². The van der Waals surface area contributed by atoms with E-state index in [1.54, 1.807) is 0 Å². The molecule has 0 aliphatic carbocycles. The molecule has 2 heteroatoms. The molecule has 0 aliphatic rings. The third-order valence-electron chi connectivity index (χ3n) is 5.68. The second-order valence-electron chi connectivity index (χ2n) is 8.92. The van der Waals surface area contributed by atoms with Crippen molar-refractivity contribution in [3.05, 3.63) is 96.1 Å². The first-order valence-corrected chi connectivity index (χ1v) is 10.3. The lowest BCUT2D eigenvalue weighted by molar-refractivity contribution is 0.0786. The van der Waals surface area contributed by atoms with Crippen LogP contribution in [0, 0.1) is 0 Å². The van der Waals surface area contributed by atoms with Gasteiger partial charge in [0.25, 0.3) is 0 Å². The predicted molar refractivity (Wildman–Crippen MR) is 125 cm³/mol. The molecule has 0 fully saturated rings. The van der Waals surface area contributed by atoms with Crippen LogP contribution < -0.4 is 0 Å². The molecule has 0 unspecified atom stereocenters. The van der Waals surface area contributed by atoms with Crippen LogP contribution in [0.3, 0.4) is 0 Å². The number of hydrogen-bond donors (Lipinski definition) is 2. The van der Waals surface area contributed by atoms with Crippen molar-refractivity contribution in [3.63, 3.8) is 0 Å². The van der Waals surface area contributed by atoms with E-state index in [9.17, 15) is 10.2 Å². The van der Waals surface area contributed by atoms with Crippen molar-refractivity contribution in [2.45, 2.75) is 38.9 Å². The number of rotatable bonds is 4. The van der Waals surface area contributed by atoms with Crippen molar-refractivity contribution >= 4 is 10.8 Å². The van der Waals surface area contributed by atoms with Crippen LogP contribution in [0.1, 0.15) is 38.8 Å². The molecule has 0 atom stereocenters. The smallest absolute Gasteiger partial charge is 0.0846 e. The fourth-order valence-corrected chi connectivity index (χ4v) is 4.27. The lowest BCUT2D eigenvalue weighted by Crippen LogP contribution is -2.17. The Morgan fingerprint density at radius 2 is 0.767 bits per heavy atom. The van der Waals surface area contributed by atoms with Crippen molar-refractivity contribution in [3.8, 4) is 22.3 Å². The van der Waals surface area contributed by atoms with E-state index in [4.69, 9.17) is 0 Å². The minimum Gasteiger partial charge on any atom is -0.386 e. The molecule has 2 nitrogen and oxygen atoms in total. The molecular weight excluding hydrogens is 368 g/mol. The van der Waals surface area contributed by atoms with E-state index in [1.165, 1.54) is 0 Å². The van der Waals surface area contributed by atoms with E-state index in [1.807, 2.05) is 76.2 Å². The minimum atomic E-state index is -0.941. The Hall–Kier alpha value is -2.94. The molecule has 0 heterocycles. The lowest BCUT2D eigenvalue weighted by Gasteiger charge is -2.24. The quantitative estimate of drug-likeness (QED) is 0.406. The maximum atomic E-state index is 10.7. The Kier molecular flexibility index (Phi) is 5.01. The molecule has 0 aliphatic heterocycles. The fraction of sp³-hybridized carbons (Fsp3) is 0.214. The summed E-state index contributed by atoms with van der Waals surface area (Å²) in [6, 6.07) is 28.7. The van der Waals surface area contributed by atoms with Crippen molar-refractivity contribution in [1.82, 2.24) is 0 Å². The van der Waals surface area contributed by atoms with Gasteiger partial charge < -0.3 is 10.2 Å². The topological polar surface area (TPSA) is 40.5 Å². The van der Waals surface area contributed by atoms with Crippen LogP contribution in [0.15, 0.2) is 84.9 Å². The van der Waals surface area contributed by atoms with E-state index < -0.39 is 11.2 Å². The molecule has 0 saturated heterocycles. The molecule has 0 amide bonds. The second kappa shape index (κ2) is 7.39. The Morgan fingerprint density at radius 3 is 1.13 bits per heavy atom. The summed E-state index contributed by atoms with van der Waals surface area (Å²) in [6.45, 7) is 7.29. The fourth-order valence-electron chi connectivity index (χ4n) is 4.27. The first-order chi connectivity index (χ1) is 14.2. The highest BCUT2D eigenvalue weighted by atomic mass is 16.3. The molecule has 0 saturated carbocycles. The van der Waals surface area contributed by atoms with Gasteiger partial charge in [-0.3, -0.25) is 0 Å². The molecule has 4 aromatic carbocycles. The van der Waals surface area contributed by atoms with Crippen molar-refractivity contribution in [2.24, 2.45) is 0 Å². The van der Waals surface area contributed by atoms with Gasteiger partial charge in [-0.2, -0.15) is 0 Å². The first-order valence-electron chi connectivity index (χ1n) is 10.3. The zero-order valence-corrected chi connectivity index (χ0v) is 18.0. The Labute approximate surface area is 178 Å². The van der Waals surface area contributed by atoms with Gasteiger partial charge in [0.1, 0.15) is 0 Å². The van der Waals surface area contributed by atoms with E-state index >= 15 is 0 Å². The lowest BCUT2D eigenvalue weighted by atomic mass is 9.84. The Bertz CT molecular complexity index is 1110. The molecule has 0 aromatic heterocycles. The average molecular weight is 397 g/mol. The minimum absolute atomic E-state index is 0.903. The average Bonchev–Trinajstić information content (AvgIpc) is 2.72. The number of aliphatic hydroxyl groups is 2. The molecule has 0 spiro atoms. The van der Waals surface area contributed by atoms with Crippen LogP contribution in [-0.2, 0) is 11.2 Å². The largest absolute Gasteiger partial charge is 0.386 e. The number of fused-ring (bicyclic) bond motifs is 1. The third-order valence-corrected chi connectivity index (χ3v) is 5.68. The molecule has 4 rings (SSSR count).